The molecular weight excluding hydrogens is 531 g/mol. The van der Waals surface area contributed by atoms with Crippen molar-refractivity contribution in [2.45, 2.75) is 26.3 Å². The number of hydrogen-bond donors (Lipinski definition) is 2. The Morgan fingerprint density at radius 3 is 2.82 bits per heavy atom. The number of halogens is 2. The number of anilines is 1. The van der Waals surface area contributed by atoms with Gasteiger partial charge in [-0.2, -0.15) is 5.10 Å². The van der Waals surface area contributed by atoms with E-state index in [4.69, 9.17) is 4.99 Å². The van der Waals surface area contributed by atoms with E-state index in [0.717, 1.165) is 56.1 Å². The number of benzene rings is 1. The van der Waals surface area contributed by atoms with Crippen LogP contribution in [-0.2, 0) is 6.54 Å². The molecule has 1 atom stereocenters. The van der Waals surface area contributed by atoms with Crippen molar-refractivity contribution in [1.82, 2.24) is 20.4 Å². The summed E-state index contributed by atoms with van der Waals surface area (Å²) in [7, 11) is 0. The van der Waals surface area contributed by atoms with Crippen molar-refractivity contribution in [2.75, 3.05) is 37.6 Å². The minimum absolute atomic E-state index is 0. The van der Waals surface area contributed by atoms with E-state index < -0.39 is 0 Å². The minimum Gasteiger partial charge on any atom is -0.371 e. The van der Waals surface area contributed by atoms with E-state index in [1.54, 1.807) is 0 Å². The lowest BCUT2D eigenvalue weighted by Gasteiger charge is -2.18. The molecule has 1 fully saturated rings. The maximum atomic E-state index is 4.81. The third-order valence-electron chi connectivity index (χ3n) is 4.75. The van der Waals surface area contributed by atoms with Crippen LogP contribution in [0.3, 0.4) is 0 Å². The number of aromatic nitrogens is 2. The van der Waals surface area contributed by atoms with Crippen LogP contribution in [0.1, 0.15) is 19.8 Å². The number of aliphatic imine (C=N–C) groups is 1. The molecule has 0 radical (unpaired) electrons. The average Bonchev–Trinajstić information content (AvgIpc) is 3.36. The third-order valence-corrected chi connectivity index (χ3v) is 5.27. The summed E-state index contributed by atoms with van der Waals surface area (Å²) in [6.07, 6.45) is 6.03. The number of rotatable bonds is 8. The molecule has 28 heavy (non-hydrogen) atoms. The molecule has 1 aromatic carbocycles. The van der Waals surface area contributed by atoms with Crippen LogP contribution in [0.25, 0.3) is 0 Å². The van der Waals surface area contributed by atoms with Crippen LogP contribution in [0.4, 0.5) is 5.69 Å². The smallest absolute Gasteiger partial charge is 0.191 e. The summed E-state index contributed by atoms with van der Waals surface area (Å²) in [5, 5.41) is 11.0. The molecular formula is C20H30BrIN6. The summed E-state index contributed by atoms with van der Waals surface area (Å²) in [5.74, 6) is 1.52. The van der Waals surface area contributed by atoms with Crippen molar-refractivity contribution in [3.63, 3.8) is 0 Å². The van der Waals surface area contributed by atoms with Crippen molar-refractivity contribution in [3.05, 3.63) is 47.2 Å². The van der Waals surface area contributed by atoms with Crippen LogP contribution >= 0.6 is 39.9 Å². The van der Waals surface area contributed by atoms with E-state index in [-0.39, 0.29) is 24.0 Å². The SMILES string of the molecule is CCNC(=NCC1CCN(c2ccc(Br)cc2)C1)NCCCn1cccn1.I. The quantitative estimate of drug-likeness (QED) is 0.223. The van der Waals surface area contributed by atoms with E-state index in [0.29, 0.717) is 5.92 Å². The molecule has 1 aliphatic rings. The first-order valence-corrected chi connectivity index (χ1v) is 10.5. The summed E-state index contributed by atoms with van der Waals surface area (Å²) in [6, 6.07) is 10.5. The molecule has 6 nitrogen and oxygen atoms in total. The second-order valence-corrected chi connectivity index (χ2v) is 7.76. The Morgan fingerprint density at radius 1 is 1.29 bits per heavy atom. The monoisotopic (exact) mass is 560 g/mol. The molecule has 0 saturated carbocycles. The van der Waals surface area contributed by atoms with E-state index in [1.165, 1.54) is 12.1 Å². The molecule has 1 unspecified atom stereocenters. The van der Waals surface area contributed by atoms with Gasteiger partial charge in [0, 0.05) is 61.8 Å². The van der Waals surface area contributed by atoms with E-state index in [1.807, 2.05) is 23.1 Å². The predicted molar refractivity (Wildman–Crippen MR) is 131 cm³/mol. The molecule has 1 aromatic heterocycles. The molecule has 3 rings (SSSR count). The molecule has 154 valence electrons. The molecule has 0 spiro atoms. The zero-order valence-electron chi connectivity index (χ0n) is 16.4. The molecule has 0 bridgehead atoms. The average molecular weight is 561 g/mol. The topological polar surface area (TPSA) is 57.5 Å². The first-order chi connectivity index (χ1) is 13.2. The maximum absolute atomic E-state index is 4.81. The zero-order chi connectivity index (χ0) is 18.9. The number of nitrogens with zero attached hydrogens (tertiary/aromatic N) is 4. The fraction of sp³-hybridized carbons (Fsp3) is 0.500. The van der Waals surface area contributed by atoms with Crippen LogP contribution in [-0.4, -0.2) is 48.5 Å². The van der Waals surface area contributed by atoms with Crippen molar-refractivity contribution in [2.24, 2.45) is 10.9 Å². The van der Waals surface area contributed by atoms with Gasteiger partial charge in [0.25, 0.3) is 0 Å². The van der Waals surface area contributed by atoms with Crippen molar-refractivity contribution in [1.29, 1.82) is 0 Å². The van der Waals surface area contributed by atoms with Gasteiger partial charge >= 0.3 is 0 Å². The highest BCUT2D eigenvalue weighted by Gasteiger charge is 2.22. The summed E-state index contributed by atoms with van der Waals surface area (Å²) >= 11 is 3.50. The lowest BCUT2D eigenvalue weighted by atomic mass is 10.1. The molecule has 0 aliphatic carbocycles. The number of aryl methyl sites for hydroxylation is 1. The van der Waals surface area contributed by atoms with Gasteiger partial charge in [-0.3, -0.25) is 9.67 Å². The first kappa shape index (κ1) is 23.0. The fourth-order valence-corrected chi connectivity index (χ4v) is 3.58. The Morgan fingerprint density at radius 2 is 2.11 bits per heavy atom. The third kappa shape index (κ3) is 7.27. The van der Waals surface area contributed by atoms with Gasteiger partial charge in [0.15, 0.2) is 5.96 Å². The van der Waals surface area contributed by atoms with Crippen LogP contribution in [0.5, 0.6) is 0 Å². The van der Waals surface area contributed by atoms with Crippen LogP contribution in [0.15, 0.2) is 52.2 Å². The van der Waals surface area contributed by atoms with Crippen LogP contribution in [0, 0.1) is 5.92 Å². The van der Waals surface area contributed by atoms with E-state index in [2.05, 4.69) is 67.8 Å². The molecule has 1 aliphatic heterocycles. The summed E-state index contributed by atoms with van der Waals surface area (Å²) in [5.41, 5.74) is 1.30. The summed E-state index contributed by atoms with van der Waals surface area (Å²) in [6.45, 7) is 7.83. The Kier molecular flexibility index (Phi) is 10.1. The Balaban J connectivity index is 0.00000280. The molecule has 2 N–H and O–H groups in total. The molecule has 0 amide bonds. The molecule has 2 aromatic rings. The largest absolute Gasteiger partial charge is 0.371 e. The van der Waals surface area contributed by atoms with Gasteiger partial charge in [-0.1, -0.05) is 15.9 Å². The van der Waals surface area contributed by atoms with Gasteiger partial charge in [0.1, 0.15) is 0 Å². The molecule has 1 saturated heterocycles. The van der Waals surface area contributed by atoms with Crippen LogP contribution < -0.4 is 15.5 Å². The van der Waals surface area contributed by atoms with Crippen molar-refractivity contribution < 1.29 is 0 Å². The Bertz CT molecular complexity index is 704. The van der Waals surface area contributed by atoms with E-state index in [9.17, 15) is 0 Å². The van der Waals surface area contributed by atoms with Gasteiger partial charge in [-0.15, -0.1) is 24.0 Å². The van der Waals surface area contributed by atoms with E-state index >= 15 is 0 Å². The normalized spacial score (nSPS) is 16.7. The number of nitrogens with one attached hydrogen (secondary N) is 2. The minimum atomic E-state index is 0. The van der Waals surface area contributed by atoms with Crippen LogP contribution in [0.2, 0.25) is 0 Å². The van der Waals surface area contributed by atoms with Gasteiger partial charge in [-0.05, 0) is 56.0 Å². The highest BCUT2D eigenvalue weighted by molar-refractivity contribution is 14.0. The van der Waals surface area contributed by atoms with Gasteiger partial charge < -0.3 is 15.5 Å². The Hall–Kier alpha value is -1.29. The lowest BCUT2D eigenvalue weighted by Crippen LogP contribution is -2.38. The number of hydrogen-bond acceptors (Lipinski definition) is 3. The summed E-state index contributed by atoms with van der Waals surface area (Å²) in [4.78, 5) is 7.27. The standard InChI is InChI=1S/C20H29BrN6.HI/c1-2-22-20(23-10-3-12-27-13-4-11-25-27)24-15-17-9-14-26(16-17)19-7-5-18(21)6-8-19;/h4-8,11,13,17H,2-3,9-10,12,14-16H2,1H3,(H2,22,23,24);1H. The molecule has 2 heterocycles. The maximum Gasteiger partial charge on any atom is 0.191 e. The second-order valence-electron chi connectivity index (χ2n) is 6.85. The predicted octanol–water partition coefficient (Wildman–Crippen LogP) is 3.74. The molecule has 8 heteroatoms. The highest BCUT2D eigenvalue weighted by Crippen LogP contribution is 2.25. The number of guanidine groups is 1. The van der Waals surface area contributed by atoms with Crippen molar-refractivity contribution >= 4 is 51.6 Å². The van der Waals surface area contributed by atoms with Gasteiger partial charge in [-0.25, -0.2) is 0 Å². The second kappa shape index (κ2) is 12.3. The fourth-order valence-electron chi connectivity index (χ4n) is 3.31. The van der Waals surface area contributed by atoms with Gasteiger partial charge in [0.2, 0.25) is 0 Å². The first-order valence-electron chi connectivity index (χ1n) is 9.74. The lowest BCUT2D eigenvalue weighted by molar-refractivity contribution is 0.567. The van der Waals surface area contributed by atoms with Gasteiger partial charge in [0.05, 0.1) is 0 Å². The van der Waals surface area contributed by atoms with Crippen molar-refractivity contribution in [3.8, 4) is 0 Å². The summed E-state index contributed by atoms with van der Waals surface area (Å²) < 4.78 is 3.08. The highest BCUT2D eigenvalue weighted by atomic mass is 127. The zero-order valence-corrected chi connectivity index (χ0v) is 20.3. The Labute approximate surface area is 193 Å².